The van der Waals surface area contributed by atoms with Crippen molar-refractivity contribution in [1.29, 1.82) is 0 Å². The van der Waals surface area contributed by atoms with Gasteiger partial charge in [-0.15, -0.1) is 0 Å². The Morgan fingerprint density at radius 1 is 1.26 bits per heavy atom. The van der Waals surface area contributed by atoms with Crippen LogP contribution in [0, 0.1) is 5.92 Å². The van der Waals surface area contributed by atoms with Crippen LogP contribution in [0.3, 0.4) is 0 Å². The average molecular weight is 264 g/mol. The average Bonchev–Trinajstić information content (AvgIpc) is 2.35. The van der Waals surface area contributed by atoms with Gasteiger partial charge in [0, 0.05) is 6.54 Å². The van der Waals surface area contributed by atoms with Crippen LogP contribution in [0.1, 0.15) is 27.7 Å². The fourth-order valence-corrected chi connectivity index (χ4v) is 1.84. The second-order valence-electron chi connectivity index (χ2n) is 5.24. The van der Waals surface area contributed by atoms with E-state index in [1.165, 1.54) is 0 Å². The second kappa shape index (κ2) is 7.14. The molecule has 0 bridgehead atoms. The summed E-state index contributed by atoms with van der Waals surface area (Å²) in [6.45, 7) is 8.71. The highest BCUT2D eigenvalue weighted by Crippen LogP contribution is 2.29. The summed E-state index contributed by atoms with van der Waals surface area (Å²) < 4.78 is 5.77. The third kappa shape index (κ3) is 4.56. The molecule has 0 saturated heterocycles. The van der Waals surface area contributed by atoms with E-state index in [9.17, 15) is 4.79 Å². The van der Waals surface area contributed by atoms with Crippen LogP contribution < -0.4 is 15.4 Å². The van der Waals surface area contributed by atoms with Crippen molar-refractivity contribution in [3.8, 4) is 5.75 Å². The van der Waals surface area contributed by atoms with Gasteiger partial charge in [-0.25, -0.2) is 0 Å². The number of carbonyl (C=O) groups excluding carboxylic acids is 1. The third-order valence-corrected chi connectivity index (χ3v) is 2.54. The van der Waals surface area contributed by atoms with Gasteiger partial charge in [-0.3, -0.25) is 4.79 Å². The van der Waals surface area contributed by atoms with Gasteiger partial charge in [-0.1, -0.05) is 26.0 Å². The van der Waals surface area contributed by atoms with Gasteiger partial charge in [-0.05, 0) is 31.9 Å². The minimum atomic E-state index is -0.0893. The van der Waals surface area contributed by atoms with Crippen molar-refractivity contribution in [2.75, 3.05) is 18.0 Å². The minimum Gasteiger partial charge on any atom is -0.489 e. The van der Waals surface area contributed by atoms with Crippen LogP contribution in [-0.2, 0) is 4.79 Å². The molecule has 0 radical (unpaired) electrons. The number of rotatable bonds is 6. The van der Waals surface area contributed by atoms with Crippen LogP contribution in [0.15, 0.2) is 24.3 Å². The third-order valence-electron chi connectivity index (χ3n) is 2.54. The molecule has 0 aliphatic carbocycles. The smallest absolute Gasteiger partial charge is 0.240 e. The van der Waals surface area contributed by atoms with Crippen LogP contribution in [0.4, 0.5) is 5.69 Å². The minimum absolute atomic E-state index is 0.00271. The maximum atomic E-state index is 12.0. The standard InChI is InChI=1S/C15H24N2O2/c1-11(2)10-17(15(18)9-16)13-7-5-6-8-14(13)19-12(3)4/h5-8,11-12H,9-10,16H2,1-4H3. The SMILES string of the molecule is CC(C)CN(C(=O)CN)c1ccccc1OC(C)C. The van der Waals surface area contributed by atoms with Gasteiger partial charge < -0.3 is 15.4 Å². The van der Waals surface area contributed by atoms with E-state index in [-0.39, 0.29) is 18.6 Å². The highest BCUT2D eigenvalue weighted by atomic mass is 16.5. The Bertz CT molecular complexity index is 416. The molecule has 0 aliphatic heterocycles. The van der Waals surface area contributed by atoms with Crippen molar-refractivity contribution >= 4 is 11.6 Å². The summed E-state index contributed by atoms with van der Waals surface area (Å²) in [7, 11) is 0. The quantitative estimate of drug-likeness (QED) is 0.858. The molecule has 1 aromatic carbocycles. The first-order chi connectivity index (χ1) is 8.95. The summed E-state index contributed by atoms with van der Waals surface area (Å²) in [4.78, 5) is 13.7. The number of hydrogen-bond acceptors (Lipinski definition) is 3. The summed E-state index contributed by atoms with van der Waals surface area (Å²) in [5, 5.41) is 0. The van der Waals surface area contributed by atoms with E-state index in [4.69, 9.17) is 10.5 Å². The van der Waals surface area contributed by atoms with Gasteiger partial charge in [0.25, 0.3) is 0 Å². The van der Waals surface area contributed by atoms with Gasteiger partial charge in [0.2, 0.25) is 5.91 Å². The number of benzene rings is 1. The number of carbonyl (C=O) groups is 1. The zero-order valence-electron chi connectivity index (χ0n) is 12.2. The summed E-state index contributed by atoms with van der Waals surface area (Å²) in [6.07, 6.45) is 0.0648. The highest BCUT2D eigenvalue weighted by Gasteiger charge is 2.19. The van der Waals surface area contributed by atoms with Crippen molar-refractivity contribution in [2.24, 2.45) is 11.7 Å². The van der Waals surface area contributed by atoms with E-state index in [1.54, 1.807) is 4.90 Å². The molecule has 2 N–H and O–H groups in total. The highest BCUT2D eigenvalue weighted by molar-refractivity contribution is 5.96. The summed E-state index contributed by atoms with van der Waals surface area (Å²) in [6, 6.07) is 7.58. The molecule has 0 aromatic heterocycles. The van der Waals surface area contributed by atoms with Crippen LogP contribution in [0.25, 0.3) is 0 Å². The lowest BCUT2D eigenvalue weighted by molar-refractivity contribution is -0.117. The predicted octanol–water partition coefficient (Wildman–Crippen LogP) is 2.42. The fourth-order valence-electron chi connectivity index (χ4n) is 1.84. The summed E-state index contributed by atoms with van der Waals surface area (Å²) >= 11 is 0. The monoisotopic (exact) mass is 264 g/mol. The molecule has 1 amide bonds. The second-order valence-corrected chi connectivity index (χ2v) is 5.24. The molecule has 0 spiro atoms. The Balaban J connectivity index is 3.10. The molecule has 0 aliphatic rings. The normalized spacial score (nSPS) is 10.9. The molecule has 19 heavy (non-hydrogen) atoms. The number of ether oxygens (including phenoxy) is 1. The number of para-hydroxylation sites is 2. The first-order valence-corrected chi connectivity index (χ1v) is 6.71. The van der Waals surface area contributed by atoms with E-state index in [0.29, 0.717) is 12.5 Å². The molecule has 1 rings (SSSR count). The van der Waals surface area contributed by atoms with Gasteiger partial charge in [-0.2, -0.15) is 0 Å². The summed E-state index contributed by atoms with van der Waals surface area (Å²) in [5.74, 6) is 0.996. The predicted molar refractivity (Wildman–Crippen MR) is 78.5 cm³/mol. The van der Waals surface area contributed by atoms with Gasteiger partial charge in [0.1, 0.15) is 5.75 Å². The van der Waals surface area contributed by atoms with E-state index in [1.807, 2.05) is 38.1 Å². The molecule has 4 nitrogen and oxygen atoms in total. The Hall–Kier alpha value is -1.55. The van der Waals surface area contributed by atoms with Crippen LogP contribution in [0.2, 0.25) is 0 Å². The number of hydrogen-bond donors (Lipinski definition) is 1. The van der Waals surface area contributed by atoms with Crippen molar-refractivity contribution in [3.63, 3.8) is 0 Å². The Morgan fingerprint density at radius 2 is 1.89 bits per heavy atom. The maximum Gasteiger partial charge on any atom is 0.240 e. The number of nitrogens with two attached hydrogens (primary N) is 1. The van der Waals surface area contributed by atoms with Crippen LogP contribution >= 0.6 is 0 Å². The molecule has 0 atom stereocenters. The van der Waals surface area contributed by atoms with Gasteiger partial charge >= 0.3 is 0 Å². The largest absolute Gasteiger partial charge is 0.489 e. The van der Waals surface area contributed by atoms with Crippen LogP contribution in [0.5, 0.6) is 5.75 Å². The molecule has 0 fully saturated rings. The zero-order valence-corrected chi connectivity index (χ0v) is 12.2. The van der Waals surface area contributed by atoms with Crippen molar-refractivity contribution in [2.45, 2.75) is 33.8 Å². The molecule has 0 heterocycles. The van der Waals surface area contributed by atoms with Gasteiger partial charge in [0.15, 0.2) is 0 Å². The van der Waals surface area contributed by atoms with E-state index < -0.39 is 0 Å². The molecule has 0 saturated carbocycles. The topological polar surface area (TPSA) is 55.6 Å². The zero-order chi connectivity index (χ0) is 14.4. The van der Waals surface area contributed by atoms with Crippen LogP contribution in [-0.4, -0.2) is 25.1 Å². The number of amides is 1. The van der Waals surface area contributed by atoms with Crippen molar-refractivity contribution < 1.29 is 9.53 Å². The Labute approximate surface area is 115 Å². The van der Waals surface area contributed by atoms with E-state index in [2.05, 4.69) is 13.8 Å². The molecule has 0 unspecified atom stereocenters. The first kappa shape index (κ1) is 15.5. The molecule has 1 aromatic rings. The lowest BCUT2D eigenvalue weighted by Crippen LogP contribution is -2.38. The lowest BCUT2D eigenvalue weighted by atomic mass is 10.1. The molecular formula is C15H24N2O2. The molecule has 106 valence electrons. The summed E-state index contributed by atoms with van der Waals surface area (Å²) in [5.41, 5.74) is 6.30. The van der Waals surface area contributed by atoms with Crippen molar-refractivity contribution in [1.82, 2.24) is 0 Å². The number of anilines is 1. The van der Waals surface area contributed by atoms with Gasteiger partial charge in [0.05, 0.1) is 18.3 Å². The molecular weight excluding hydrogens is 240 g/mol. The van der Waals surface area contributed by atoms with Crippen molar-refractivity contribution in [3.05, 3.63) is 24.3 Å². The molecule has 4 heteroatoms. The maximum absolute atomic E-state index is 12.0. The number of nitrogens with zero attached hydrogens (tertiary/aromatic N) is 1. The lowest BCUT2D eigenvalue weighted by Gasteiger charge is -2.27. The fraction of sp³-hybridized carbons (Fsp3) is 0.533. The Morgan fingerprint density at radius 3 is 2.42 bits per heavy atom. The van der Waals surface area contributed by atoms with E-state index in [0.717, 1.165) is 11.4 Å². The first-order valence-electron chi connectivity index (χ1n) is 6.71. The Kier molecular flexibility index (Phi) is 5.83. The van der Waals surface area contributed by atoms with E-state index >= 15 is 0 Å².